The van der Waals surface area contributed by atoms with Crippen molar-refractivity contribution < 1.29 is 22.7 Å². The molecule has 0 atom stereocenters. The fourth-order valence-corrected chi connectivity index (χ4v) is 4.60. The fourth-order valence-electron chi connectivity index (χ4n) is 3.84. The van der Waals surface area contributed by atoms with Crippen LogP contribution in [0.25, 0.3) is 0 Å². The van der Waals surface area contributed by atoms with E-state index in [1.807, 2.05) is 24.3 Å². The van der Waals surface area contributed by atoms with Gasteiger partial charge in [0.2, 0.25) is 15.8 Å². The number of rotatable bonds is 4. The fraction of sp³-hybridized carbons (Fsp3) is 0.238. The third-order valence-electron chi connectivity index (χ3n) is 5.24. The normalized spacial score (nSPS) is 17.6. The van der Waals surface area contributed by atoms with Gasteiger partial charge in [0.1, 0.15) is 0 Å². The first-order valence-corrected chi connectivity index (χ1v) is 10.8. The van der Waals surface area contributed by atoms with E-state index in [-0.39, 0.29) is 21.7 Å². The van der Waals surface area contributed by atoms with Crippen LogP contribution in [0, 0.1) is 0 Å². The molecule has 0 amide bonds. The summed E-state index contributed by atoms with van der Waals surface area (Å²) < 4.78 is 29.1. The van der Waals surface area contributed by atoms with Gasteiger partial charge in [0.05, 0.1) is 16.2 Å². The predicted octanol–water partition coefficient (Wildman–Crippen LogP) is 2.60. The average Bonchev–Trinajstić information content (AvgIpc) is 2.72. The van der Waals surface area contributed by atoms with Crippen molar-refractivity contribution in [3.63, 3.8) is 0 Å². The Balaban J connectivity index is 1.70. The van der Waals surface area contributed by atoms with E-state index < -0.39 is 21.6 Å². The molecular weight excluding hydrogens is 392 g/mol. The molecule has 4 rings (SSSR count). The molecule has 2 aromatic carbocycles. The zero-order valence-electron chi connectivity index (χ0n) is 15.6. The highest BCUT2D eigenvalue weighted by Crippen LogP contribution is 2.34. The summed E-state index contributed by atoms with van der Waals surface area (Å²) in [5, 5.41) is 8.31. The van der Waals surface area contributed by atoms with Gasteiger partial charge in [0, 0.05) is 30.5 Å². The Kier molecular flexibility index (Phi) is 5.08. The van der Waals surface area contributed by atoms with Crippen LogP contribution in [0.2, 0.25) is 0 Å². The van der Waals surface area contributed by atoms with E-state index in [9.17, 15) is 18.0 Å². The Hall–Kier alpha value is -2.81. The molecule has 150 valence electrons. The number of hydrogen-bond acceptors (Lipinski definition) is 6. The van der Waals surface area contributed by atoms with Gasteiger partial charge in [0.25, 0.3) is 0 Å². The number of nitrogens with two attached hydrogens (primary N) is 1. The monoisotopic (exact) mass is 412 g/mol. The Morgan fingerprint density at radius 3 is 2.45 bits per heavy atom. The van der Waals surface area contributed by atoms with Gasteiger partial charge in [-0.05, 0) is 36.5 Å². The SMILES string of the molecule is NS(=O)(=O)c1cccc2c1C(=O)C=C(Nc1ccccc1C1CCOCC1)C2=O. The summed E-state index contributed by atoms with van der Waals surface area (Å²) in [5.41, 5.74) is 1.76. The molecule has 7 nitrogen and oxygen atoms in total. The van der Waals surface area contributed by atoms with Crippen molar-refractivity contribution >= 4 is 27.3 Å². The molecule has 0 aromatic heterocycles. The van der Waals surface area contributed by atoms with Gasteiger partial charge in [-0.1, -0.05) is 30.3 Å². The zero-order chi connectivity index (χ0) is 20.6. The number of anilines is 1. The van der Waals surface area contributed by atoms with Crippen LogP contribution < -0.4 is 10.5 Å². The van der Waals surface area contributed by atoms with Gasteiger partial charge in [-0.15, -0.1) is 0 Å². The minimum Gasteiger partial charge on any atom is -0.381 e. The summed E-state index contributed by atoms with van der Waals surface area (Å²) in [5.74, 6) is -0.731. The van der Waals surface area contributed by atoms with Crippen molar-refractivity contribution in [2.45, 2.75) is 23.7 Å². The van der Waals surface area contributed by atoms with Gasteiger partial charge in [-0.2, -0.15) is 0 Å². The van der Waals surface area contributed by atoms with Crippen molar-refractivity contribution in [3.8, 4) is 0 Å². The summed E-state index contributed by atoms with van der Waals surface area (Å²) in [7, 11) is -4.13. The third kappa shape index (κ3) is 3.74. The maximum absolute atomic E-state index is 13.0. The molecule has 1 saturated heterocycles. The molecule has 8 heteroatoms. The molecule has 0 spiro atoms. The number of carbonyl (C=O) groups excluding carboxylic acids is 2. The van der Waals surface area contributed by atoms with Gasteiger partial charge in [-0.25, -0.2) is 13.6 Å². The first-order chi connectivity index (χ1) is 13.9. The number of fused-ring (bicyclic) bond motifs is 1. The molecule has 3 N–H and O–H groups in total. The van der Waals surface area contributed by atoms with Crippen LogP contribution in [0.3, 0.4) is 0 Å². The summed E-state index contributed by atoms with van der Waals surface area (Å²) in [6, 6.07) is 11.7. The van der Waals surface area contributed by atoms with E-state index in [4.69, 9.17) is 9.88 Å². The van der Waals surface area contributed by atoms with E-state index in [1.54, 1.807) is 0 Å². The topological polar surface area (TPSA) is 116 Å². The number of hydrogen-bond donors (Lipinski definition) is 2. The lowest BCUT2D eigenvalue weighted by Gasteiger charge is -2.26. The lowest BCUT2D eigenvalue weighted by atomic mass is 9.89. The number of nitrogens with one attached hydrogen (secondary N) is 1. The highest BCUT2D eigenvalue weighted by Gasteiger charge is 2.31. The van der Waals surface area contributed by atoms with Crippen LogP contribution in [0.5, 0.6) is 0 Å². The van der Waals surface area contributed by atoms with Gasteiger partial charge < -0.3 is 10.1 Å². The second-order valence-electron chi connectivity index (χ2n) is 7.07. The van der Waals surface area contributed by atoms with Crippen LogP contribution in [0.4, 0.5) is 5.69 Å². The largest absolute Gasteiger partial charge is 0.381 e. The molecule has 2 aromatic rings. The van der Waals surface area contributed by atoms with Crippen LogP contribution in [0.15, 0.2) is 59.1 Å². The number of para-hydroxylation sites is 1. The Morgan fingerprint density at radius 2 is 1.72 bits per heavy atom. The van der Waals surface area contributed by atoms with E-state index in [1.165, 1.54) is 18.2 Å². The first-order valence-electron chi connectivity index (χ1n) is 9.26. The quantitative estimate of drug-likeness (QED) is 0.798. The zero-order valence-corrected chi connectivity index (χ0v) is 16.4. The van der Waals surface area contributed by atoms with Crippen LogP contribution in [0.1, 0.15) is 45.0 Å². The molecule has 2 aliphatic rings. The molecule has 1 aliphatic heterocycles. The van der Waals surface area contributed by atoms with Crippen molar-refractivity contribution in [3.05, 3.63) is 70.9 Å². The maximum atomic E-state index is 13.0. The summed E-state index contributed by atoms with van der Waals surface area (Å²) in [6.45, 7) is 1.37. The number of Topliss-reactive ketones (excluding diaryl/α,β-unsaturated/α-hetero) is 1. The van der Waals surface area contributed by atoms with Crippen molar-refractivity contribution in [1.82, 2.24) is 0 Å². The minimum absolute atomic E-state index is 0.0232. The van der Waals surface area contributed by atoms with Crippen LogP contribution >= 0.6 is 0 Å². The Labute approximate surface area is 168 Å². The summed E-state index contributed by atoms with van der Waals surface area (Å²) in [6.07, 6.45) is 2.90. The predicted molar refractivity (Wildman–Crippen MR) is 107 cm³/mol. The van der Waals surface area contributed by atoms with E-state index in [0.29, 0.717) is 19.1 Å². The number of sulfonamides is 1. The van der Waals surface area contributed by atoms with Crippen LogP contribution in [-0.4, -0.2) is 33.2 Å². The molecule has 1 heterocycles. The van der Waals surface area contributed by atoms with E-state index in [0.717, 1.165) is 30.2 Å². The summed E-state index contributed by atoms with van der Waals surface area (Å²) >= 11 is 0. The van der Waals surface area contributed by atoms with Crippen molar-refractivity contribution in [2.75, 3.05) is 18.5 Å². The second-order valence-corrected chi connectivity index (χ2v) is 8.60. The lowest BCUT2D eigenvalue weighted by Crippen LogP contribution is -2.26. The molecular formula is C21H20N2O5S. The number of carbonyl (C=O) groups is 2. The number of allylic oxidation sites excluding steroid dienone is 2. The molecule has 0 bridgehead atoms. The highest BCUT2D eigenvalue weighted by atomic mass is 32.2. The maximum Gasteiger partial charge on any atom is 0.238 e. The van der Waals surface area contributed by atoms with Crippen LogP contribution in [-0.2, 0) is 14.8 Å². The Bertz CT molecular complexity index is 1130. The average molecular weight is 412 g/mol. The molecule has 1 fully saturated rings. The molecule has 29 heavy (non-hydrogen) atoms. The van der Waals surface area contributed by atoms with Gasteiger partial charge >= 0.3 is 0 Å². The first kappa shape index (κ1) is 19.5. The highest BCUT2D eigenvalue weighted by molar-refractivity contribution is 7.89. The molecule has 0 radical (unpaired) electrons. The molecule has 0 saturated carbocycles. The number of ketones is 2. The second kappa shape index (κ2) is 7.55. The number of ether oxygens (including phenoxy) is 1. The third-order valence-corrected chi connectivity index (χ3v) is 6.19. The van der Waals surface area contributed by atoms with Crippen molar-refractivity contribution in [2.24, 2.45) is 5.14 Å². The van der Waals surface area contributed by atoms with E-state index >= 15 is 0 Å². The Morgan fingerprint density at radius 1 is 1.00 bits per heavy atom. The van der Waals surface area contributed by atoms with Gasteiger partial charge in [-0.3, -0.25) is 9.59 Å². The smallest absolute Gasteiger partial charge is 0.238 e. The minimum atomic E-state index is -4.13. The standard InChI is InChI=1S/C21H20N2O5S/c22-29(26,27)19-7-3-5-15-20(19)18(24)12-17(21(15)25)23-16-6-2-1-4-14(16)13-8-10-28-11-9-13/h1-7,12-13,23H,8-11H2,(H2,22,26,27). The van der Waals surface area contributed by atoms with E-state index in [2.05, 4.69) is 5.32 Å². The molecule has 0 unspecified atom stereocenters. The number of primary sulfonamides is 1. The lowest BCUT2D eigenvalue weighted by molar-refractivity contribution is 0.0854. The summed E-state index contributed by atoms with van der Waals surface area (Å²) in [4.78, 5) is 25.3. The van der Waals surface area contributed by atoms with Gasteiger partial charge in [0.15, 0.2) is 5.78 Å². The molecule has 1 aliphatic carbocycles. The number of benzene rings is 2. The van der Waals surface area contributed by atoms with Crippen molar-refractivity contribution in [1.29, 1.82) is 0 Å².